The Balaban J connectivity index is 1.88. The molecule has 0 spiro atoms. The van der Waals surface area contributed by atoms with Gasteiger partial charge in [0.25, 0.3) is 0 Å². The van der Waals surface area contributed by atoms with Gasteiger partial charge in [0.05, 0.1) is 12.3 Å². The van der Waals surface area contributed by atoms with Gasteiger partial charge in [-0.2, -0.15) is 0 Å². The maximum absolute atomic E-state index is 5.85. The number of para-hydroxylation sites is 2. The highest BCUT2D eigenvalue weighted by Crippen LogP contribution is 2.28. The minimum absolute atomic E-state index is 0.614. The van der Waals surface area contributed by atoms with Crippen LogP contribution in [0.1, 0.15) is 13.3 Å². The Bertz CT molecular complexity index is 365. The first kappa shape index (κ1) is 14.2. The van der Waals surface area contributed by atoms with Crippen molar-refractivity contribution in [2.45, 2.75) is 13.3 Å². The molecule has 4 heteroatoms. The van der Waals surface area contributed by atoms with Gasteiger partial charge in [-0.15, -0.1) is 0 Å². The standard InChI is InChI=1S/C15H24N2O2/c1-2-11-18-12-13-19-15-6-4-3-5-14(15)17-9-7-16-8-10-17/h3-6,16H,2,7-13H2,1H3. The van der Waals surface area contributed by atoms with Crippen LogP contribution in [0, 0.1) is 0 Å². The highest BCUT2D eigenvalue weighted by Gasteiger charge is 2.14. The summed E-state index contributed by atoms with van der Waals surface area (Å²) < 4.78 is 11.3. The first-order valence-electron chi connectivity index (χ1n) is 7.17. The summed E-state index contributed by atoms with van der Waals surface area (Å²) in [4.78, 5) is 2.37. The van der Waals surface area contributed by atoms with E-state index in [1.807, 2.05) is 12.1 Å². The fraction of sp³-hybridized carbons (Fsp3) is 0.600. The van der Waals surface area contributed by atoms with Crippen LogP contribution < -0.4 is 15.0 Å². The lowest BCUT2D eigenvalue weighted by molar-refractivity contribution is 0.101. The Kier molecular flexibility index (Phi) is 5.98. The molecule has 1 N–H and O–H groups in total. The second-order valence-corrected chi connectivity index (χ2v) is 4.67. The van der Waals surface area contributed by atoms with E-state index in [1.54, 1.807) is 0 Å². The summed E-state index contributed by atoms with van der Waals surface area (Å²) in [6, 6.07) is 8.26. The van der Waals surface area contributed by atoms with Crippen molar-refractivity contribution in [2.24, 2.45) is 0 Å². The number of rotatable bonds is 7. The molecule has 2 rings (SSSR count). The molecule has 19 heavy (non-hydrogen) atoms. The number of ether oxygens (including phenoxy) is 2. The molecule has 1 heterocycles. The fourth-order valence-corrected chi connectivity index (χ4v) is 2.20. The van der Waals surface area contributed by atoms with Crippen molar-refractivity contribution in [3.05, 3.63) is 24.3 Å². The summed E-state index contributed by atoms with van der Waals surface area (Å²) in [5.74, 6) is 0.962. The summed E-state index contributed by atoms with van der Waals surface area (Å²) in [6.07, 6.45) is 1.05. The molecule has 0 unspecified atom stereocenters. The Hall–Kier alpha value is -1.26. The van der Waals surface area contributed by atoms with E-state index in [9.17, 15) is 0 Å². The van der Waals surface area contributed by atoms with E-state index >= 15 is 0 Å². The lowest BCUT2D eigenvalue weighted by atomic mass is 10.2. The highest BCUT2D eigenvalue weighted by molar-refractivity contribution is 5.58. The third kappa shape index (κ3) is 4.40. The van der Waals surface area contributed by atoms with E-state index in [-0.39, 0.29) is 0 Å². The van der Waals surface area contributed by atoms with Crippen LogP contribution in [0.3, 0.4) is 0 Å². The molecule has 1 aliphatic heterocycles. The van der Waals surface area contributed by atoms with Gasteiger partial charge in [0.15, 0.2) is 0 Å². The van der Waals surface area contributed by atoms with Crippen molar-refractivity contribution in [2.75, 3.05) is 50.9 Å². The molecular weight excluding hydrogens is 240 g/mol. The average Bonchev–Trinajstić information content (AvgIpc) is 2.48. The summed E-state index contributed by atoms with van der Waals surface area (Å²) in [5, 5.41) is 3.37. The van der Waals surface area contributed by atoms with E-state index in [1.165, 1.54) is 5.69 Å². The van der Waals surface area contributed by atoms with Crippen LogP contribution >= 0.6 is 0 Å². The van der Waals surface area contributed by atoms with Crippen LogP contribution in [0.4, 0.5) is 5.69 Å². The molecule has 0 saturated carbocycles. The minimum atomic E-state index is 0.614. The van der Waals surface area contributed by atoms with E-state index in [0.717, 1.165) is 45.0 Å². The van der Waals surface area contributed by atoms with Crippen molar-refractivity contribution >= 4 is 5.69 Å². The van der Waals surface area contributed by atoms with Gasteiger partial charge in [0.1, 0.15) is 12.4 Å². The molecule has 106 valence electrons. The summed E-state index contributed by atoms with van der Waals surface area (Å²) in [5.41, 5.74) is 1.19. The molecule has 1 fully saturated rings. The van der Waals surface area contributed by atoms with E-state index in [2.05, 4.69) is 29.3 Å². The van der Waals surface area contributed by atoms with Gasteiger partial charge in [-0.25, -0.2) is 0 Å². The maximum atomic E-state index is 5.85. The van der Waals surface area contributed by atoms with Crippen LogP contribution in [0.2, 0.25) is 0 Å². The van der Waals surface area contributed by atoms with Crippen LogP contribution in [0.15, 0.2) is 24.3 Å². The van der Waals surface area contributed by atoms with Gasteiger partial charge < -0.3 is 19.7 Å². The van der Waals surface area contributed by atoms with Gasteiger partial charge in [-0.1, -0.05) is 19.1 Å². The van der Waals surface area contributed by atoms with Crippen LogP contribution in [-0.4, -0.2) is 46.0 Å². The number of hydrogen-bond donors (Lipinski definition) is 1. The van der Waals surface area contributed by atoms with Crippen molar-refractivity contribution in [1.29, 1.82) is 0 Å². The third-order valence-corrected chi connectivity index (χ3v) is 3.16. The highest BCUT2D eigenvalue weighted by atomic mass is 16.5. The molecule has 0 amide bonds. The Morgan fingerprint density at radius 2 is 1.89 bits per heavy atom. The first-order chi connectivity index (χ1) is 9.42. The van der Waals surface area contributed by atoms with Crippen LogP contribution in [0.5, 0.6) is 5.75 Å². The monoisotopic (exact) mass is 264 g/mol. The predicted molar refractivity (Wildman–Crippen MR) is 78.1 cm³/mol. The number of nitrogens with zero attached hydrogens (tertiary/aromatic N) is 1. The second-order valence-electron chi connectivity index (χ2n) is 4.67. The third-order valence-electron chi connectivity index (χ3n) is 3.16. The van der Waals surface area contributed by atoms with Gasteiger partial charge in [-0.3, -0.25) is 0 Å². The number of piperazine rings is 1. The van der Waals surface area contributed by atoms with Gasteiger partial charge in [0.2, 0.25) is 0 Å². The van der Waals surface area contributed by atoms with Crippen molar-refractivity contribution < 1.29 is 9.47 Å². The largest absolute Gasteiger partial charge is 0.489 e. The van der Waals surface area contributed by atoms with Crippen molar-refractivity contribution in [3.8, 4) is 5.75 Å². The van der Waals surface area contributed by atoms with Gasteiger partial charge in [0, 0.05) is 32.8 Å². The van der Waals surface area contributed by atoms with E-state index in [4.69, 9.17) is 9.47 Å². The van der Waals surface area contributed by atoms with Crippen LogP contribution in [0.25, 0.3) is 0 Å². The molecule has 0 bridgehead atoms. The van der Waals surface area contributed by atoms with Crippen LogP contribution in [-0.2, 0) is 4.74 Å². The molecule has 1 saturated heterocycles. The SMILES string of the molecule is CCCOCCOc1ccccc1N1CCNCC1. The number of anilines is 1. The lowest BCUT2D eigenvalue weighted by Gasteiger charge is -2.30. The normalized spacial score (nSPS) is 15.5. The molecule has 0 radical (unpaired) electrons. The van der Waals surface area contributed by atoms with Gasteiger partial charge >= 0.3 is 0 Å². The average molecular weight is 264 g/mol. The molecule has 1 aromatic rings. The number of nitrogens with one attached hydrogen (secondary N) is 1. The first-order valence-corrected chi connectivity index (χ1v) is 7.17. The van der Waals surface area contributed by atoms with E-state index in [0.29, 0.717) is 13.2 Å². The second kappa shape index (κ2) is 8.02. The number of benzene rings is 1. The topological polar surface area (TPSA) is 33.7 Å². The quantitative estimate of drug-likeness (QED) is 0.763. The summed E-state index contributed by atoms with van der Waals surface area (Å²) >= 11 is 0. The molecule has 0 atom stereocenters. The van der Waals surface area contributed by atoms with Crippen molar-refractivity contribution in [1.82, 2.24) is 5.32 Å². The molecule has 1 aromatic carbocycles. The lowest BCUT2D eigenvalue weighted by Crippen LogP contribution is -2.43. The minimum Gasteiger partial charge on any atom is -0.489 e. The number of hydrogen-bond acceptors (Lipinski definition) is 4. The molecular formula is C15H24N2O2. The smallest absolute Gasteiger partial charge is 0.142 e. The Morgan fingerprint density at radius 1 is 1.11 bits per heavy atom. The zero-order chi connectivity index (χ0) is 13.3. The van der Waals surface area contributed by atoms with Crippen molar-refractivity contribution in [3.63, 3.8) is 0 Å². The zero-order valence-corrected chi connectivity index (χ0v) is 11.7. The molecule has 0 aliphatic carbocycles. The van der Waals surface area contributed by atoms with E-state index < -0.39 is 0 Å². The molecule has 1 aliphatic rings. The predicted octanol–water partition coefficient (Wildman–Crippen LogP) is 1.90. The Labute approximate surface area is 115 Å². The fourth-order valence-electron chi connectivity index (χ4n) is 2.20. The Morgan fingerprint density at radius 3 is 2.68 bits per heavy atom. The maximum Gasteiger partial charge on any atom is 0.142 e. The van der Waals surface area contributed by atoms with Gasteiger partial charge in [-0.05, 0) is 18.6 Å². The summed E-state index contributed by atoms with van der Waals surface area (Å²) in [7, 11) is 0. The molecule has 0 aromatic heterocycles. The molecule has 4 nitrogen and oxygen atoms in total. The zero-order valence-electron chi connectivity index (χ0n) is 11.7. The summed E-state index contributed by atoms with van der Waals surface area (Å²) in [6.45, 7) is 8.33.